The Morgan fingerprint density at radius 2 is 2.36 bits per heavy atom. The van der Waals surface area contributed by atoms with E-state index >= 15 is 0 Å². The van der Waals surface area contributed by atoms with Gasteiger partial charge in [0.15, 0.2) is 0 Å². The van der Waals surface area contributed by atoms with Crippen LogP contribution in [0.3, 0.4) is 0 Å². The fraction of sp³-hybridized carbons (Fsp3) is 0.800. The first-order chi connectivity index (χ1) is 6.57. The summed E-state index contributed by atoms with van der Waals surface area (Å²) < 4.78 is 5.01. The lowest BCUT2D eigenvalue weighted by atomic mass is 9.86. The molecule has 0 aromatic heterocycles. The van der Waals surface area contributed by atoms with Crippen LogP contribution in [0.5, 0.6) is 0 Å². The number of hydrogen-bond acceptors (Lipinski definition) is 3. The summed E-state index contributed by atoms with van der Waals surface area (Å²) in [5.41, 5.74) is 0. The Hall–Kier alpha value is -0.640. The Kier molecular flexibility index (Phi) is 3.86. The average molecular weight is 215 g/mol. The number of ether oxygens (including phenoxy) is 1. The maximum Gasteiger partial charge on any atom is 0.316 e. The first-order valence-corrected chi connectivity index (χ1v) is 5.43. The van der Waals surface area contributed by atoms with Gasteiger partial charge in [0.05, 0.1) is 11.6 Å². The van der Waals surface area contributed by atoms with Gasteiger partial charge in [0, 0.05) is 6.54 Å². The lowest BCUT2D eigenvalue weighted by Gasteiger charge is -2.19. The Morgan fingerprint density at radius 1 is 1.71 bits per heavy atom. The largest absolute Gasteiger partial charge is 0.465 e. The van der Waals surface area contributed by atoms with E-state index in [0.717, 1.165) is 6.54 Å². The van der Waals surface area contributed by atoms with E-state index in [2.05, 4.69) is 19.2 Å². The van der Waals surface area contributed by atoms with Crippen LogP contribution in [0.4, 0.5) is 0 Å². The number of hydrogen-bond donors (Lipinski definition) is 1. The van der Waals surface area contributed by atoms with Gasteiger partial charge < -0.3 is 10.1 Å². The topological polar surface area (TPSA) is 38.3 Å². The van der Waals surface area contributed by atoms with E-state index in [-0.39, 0.29) is 17.8 Å². The fourth-order valence-corrected chi connectivity index (χ4v) is 2.13. The zero-order valence-corrected chi connectivity index (χ0v) is 9.69. The third-order valence-corrected chi connectivity index (χ3v) is 3.02. The van der Waals surface area contributed by atoms with Crippen LogP contribution in [0, 0.1) is 17.8 Å². The molecule has 0 aliphatic carbocycles. The van der Waals surface area contributed by atoms with Crippen molar-refractivity contribution in [1.29, 1.82) is 0 Å². The minimum atomic E-state index is -0.232. The van der Waals surface area contributed by atoms with Crippen molar-refractivity contribution in [2.45, 2.75) is 20.8 Å². The highest BCUT2D eigenvalue weighted by Crippen LogP contribution is 2.27. The van der Waals surface area contributed by atoms with Gasteiger partial charge in [-0.05, 0) is 18.8 Å². The molecule has 0 aromatic carbocycles. The fourth-order valence-electron chi connectivity index (χ4n) is 1.78. The first-order valence-electron chi connectivity index (χ1n) is 5.02. The quantitative estimate of drug-likeness (QED) is 0.570. The van der Waals surface area contributed by atoms with Crippen molar-refractivity contribution in [3.63, 3.8) is 0 Å². The molecule has 2 atom stereocenters. The first kappa shape index (κ1) is 11.4. The maximum absolute atomic E-state index is 11.6. The van der Waals surface area contributed by atoms with Crippen molar-refractivity contribution in [3.8, 4) is 0 Å². The number of rotatable bonds is 3. The molecular formula is C10H17NO2S. The molecule has 1 fully saturated rings. The van der Waals surface area contributed by atoms with Crippen LogP contribution in [0.1, 0.15) is 20.8 Å². The molecule has 1 saturated heterocycles. The maximum atomic E-state index is 11.6. The third-order valence-electron chi connectivity index (χ3n) is 2.62. The zero-order chi connectivity index (χ0) is 10.7. The summed E-state index contributed by atoms with van der Waals surface area (Å²) in [5.74, 6) is 0.310. The molecule has 0 spiro atoms. The Balaban J connectivity index is 2.71. The lowest BCUT2D eigenvalue weighted by molar-refractivity contribution is -0.147. The molecule has 1 aliphatic heterocycles. The summed E-state index contributed by atoms with van der Waals surface area (Å²) in [4.78, 5) is 12.3. The van der Waals surface area contributed by atoms with E-state index < -0.39 is 0 Å². The van der Waals surface area contributed by atoms with Crippen LogP contribution >= 0.6 is 12.2 Å². The summed E-state index contributed by atoms with van der Waals surface area (Å²) in [6.45, 7) is 7.23. The molecule has 0 saturated carbocycles. The normalized spacial score (nSPS) is 26.4. The summed E-state index contributed by atoms with van der Waals surface area (Å²) in [6.07, 6.45) is 0. The Labute approximate surface area is 90.2 Å². The molecule has 80 valence electrons. The summed E-state index contributed by atoms with van der Waals surface area (Å²) >= 11 is 5.12. The molecule has 14 heavy (non-hydrogen) atoms. The third kappa shape index (κ3) is 2.23. The lowest BCUT2D eigenvalue weighted by Crippen LogP contribution is -2.30. The standard InChI is InChI=1S/C10H17NO2S/c1-4-13-10(12)8-7(6(2)3)5-11-9(8)14/h6-8H,4-5H2,1-3H3,(H,11,14). The van der Waals surface area contributed by atoms with E-state index in [1.165, 1.54) is 0 Å². The predicted molar refractivity (Wildman–Crippen MR) is 59.1 cm³/mol. The molecule has 3 nitrogen and oxygen atoms in total. The second-order valence-electron chi connectivity index (χ2n) is 3.88. The van der Waals surface area contributed by atoms with Crippen LogP contribution in [-0.2, 0) is 9.53 Å². The van der Waals surface area contributed by atoms with E-state index in [1.807, 2.05) is 6.92 Å². The van der Waals surface area contributed by atoms with Crippen molar-refractivity contribution in [3.05, 3.63) is 0 Å². The molecule has 1 aliphatic rings. The SMILES string of the molecule is CCOC(=O)C1C(=S)NCC1C(C)C. The highest BCUT2D eigenvalue weighted by molar-refractivity contribution is 7.80. The van der Waals surface area contributed by atoms with Crippen molar-refractivity contribution in [1.82, 2.24) is 5.32 Å². The van der Waals surface area contributed by atoms with Crippen LogP contribution < -0.4 is 5.32 Å². The number of carbonyl (C=O) groups is 1. The molecule has 2 unspecified atom stereocenters. The van der Waals surface area contributed by atoms with Gasteiger partial charge >= 0.3 is 5.97 Å². The molecule has 0 amide bonds. The van der Waals surface area contributed by atoms with Gasteiger partial charge in [-0.15, -0.1) is 0 Å². The van der Waals surface area contributed by atoms with Crippen molar-refractivity contribution in [2.75, 3.05) is 13.2 Å². The molecule has 0 radical (unpaired) electrons. The second-order valence-corrected chi connectivity index (χ2v) is 4.32. The molecule has 0 aromatic rings. The van der Waals surface area contributed by atoms with Crippen molar-refractivity contribution >= 4 is 23.2 Å². The summed E-state index contributed by atoms with van der Waals surface area (Å²) in [6, 6.07) is 0. The molecule has 0 bridgehead atoms. The van der Waals surface area contributed by atoms with Gasteiger partial charge in [0.1, 0.15) is 5.92 Å². The van der Waals surface area contributed by atoms with Gasteiger partial charge in [0.25, 0.3) is 0 Å². The molecule has 1 rings (SSSR count). The van der Waals surface area contributed by atoms with Gasteiger partial charge in [-0.1, -0.05) is 26.1 Å². The van der Waals surface area contributed by atoms with Crippen LogP contribution in [-0.4, -0.2) is 24.1 Å². The minimum absolute atomic E-state index is 0.179. The van der Waals surface area contributed by atoms with E-state index in [9.17, 15) is 4.79 Å². The van der Waals surface area contributed by atoms with Crippen LogP contribution in [0.2, 0.25) is 0 Å². The smallest absolute Gasteiger partial charge is 0.316 e. The van der Waals surface area contributed by atoms with Gasteiger partial charge in [-0.25, -0.2) is 0 Å². The monoisotopic (exact) mass is 215 g/mol. The second kappa shape index (κ2) is 4.73. The Bertz CT molecular complexity index is 240. The number of nitrogens with one attached hydrogen (secondary N) is 1. The molecular weight excluding hydrogens is 198 g/mol. The molecule has 1 heterocycles. The number of thiocarbonyl (C=S) groups is 1. The number of esters is 1. The van der Waals surface area contributed by atoms with Crippen LogP contribution in [0.15, 0.2) is 0 Å². The van der Waals surface area contributed by atoms with E-state index in [4.69, 9.17) is 17.0 Å². The molecule has 1 N–H and O–H groups in total. The highest BCUT2D eigenvalue weighted by Gasteiger charge is 2.39. The van der Waals surface area contributed by atoms with Crippen LogP contribution in [0.25, 0.3) is 0 Å². The number of carbonyl (C=O) groups excluding carboxylic acids is 1. The van der Waals surface area contributed by atoms with Crippen molar-refractivity contribution < 1.29 is 9.53 Å². The van der Waals surface area contributed by atoms with Gasteiger partial charge in [-0.2, -0.15) is 0 Å². The summed E-state index contributed by atoms with van der Waals surface area (Å²) in [5, 5.41) is 3.07. The summed E-state index contributed by atoms with van der Waals surface area (Å²) in [7, 11) is 0. The van der Waals surface area contributed by atoms with E-state index in [0.29, 0.717) is 17.5 Å². The predicted octanol–water partition coefficient (Wildman–Crippen LogP) is 1.37. The van der Waals surface area contributed by atoms with Crippen molar-refractivity contribution in [2.24, 2.45) is 17.8 Å². The van der Waals surface area contributed by atoms with E-state index in [1.54, 1.807) is 0 Å². The zero-order valence-electron chi connectivity index (χ0n) is 8.87. The Morgan fingerprint density at radius 3 is 2.86 bits per heavy atom. The minimum Gasteiger partial charge on any atom is -0.465 e. The average Bonchev–Trinajstić information content (AvgIpc) is 2.47. The van der Waals surface area contributed by atoms with Gasteiger partial charge in [0.2, 0.25) is 0 Å². The van der Waals surface area contributed by atoms with Gasteiger partial charge in [-0.3, -0.25) is 4.79 Å². The molecule has 4 heteroatoms. The highest BCUT2D eigenvalue weighted by atomic mass is 32.1.